The fourth-order valence-electron chi connectivity index (χ4n) is 2.39. The lowest BCUT2D eigenvalue weighted by atomic mass is 10.3. The summed E-state index contributed by atoms with van der Waals surface area (Å²) in [5.74, 6) is 0. The van der Waals surface area contributed by atoms with E-state index in [0.717, 1.165) is 4.31 Å². The number of benzene rings is 2. The summed E-state index contributed by atoms with van der Waals surface area (Å²) >= 11 is 0. The molecule has 1 heterocycles. The predicted molar refractivity (Wildman–Crippen MR) is 102 cm³/mol. The molecule has 8 nitrogen and oxygen atoms in total. The Morgan fingerprint density at radius 3 is 2.33 bits per heavy atom. The Labute approximate surface area is 158 Å². The summed E-state index contributed by atoms with van der Waals surface area (Å²) < 4.78 is 55.5. The predicted octanol–water partition coefficient (Wildman–Crippen LogP) is 2.05. The summed E-state index contributed by atoms with van der Waals surface area (Å²) in [7, 11) is -4.68. The monoisotopic (exact) mass is 406 g/mol. The highest BCUT2D eigenvalue weighted by Crippen LogP contribution is 2.24. The summed E-state index contributed by atoms with van der Waals surface area (Å²) in [6.07, 6.45) is 2.72. The van der Waals surface area contributed by atoms with Crippen molar-refractivity contribution in [2.75, 3.05) is 16.1 Å². The molecule has 3 rings (SSSR count). The van der Waals surface area contributed by atoms with Gasteiger partial charge in [-0.3, -0.25) is 9.03 Å². The fourth-order valence-corrected chi connectivity index (χ4v) is 4.66. The normalized spacial score (nSPS) is 11.9. The Hall–Kier alpha value is -2.85. The molecule has 0 bridgehead atoms. The van der Waals surface area contributed by atoms with Crippen molar-refractivity contribution in [3.63, 3.8) is 0 Å². The van der Waals surface area contributed by atoms with Gasteiger partial charge < -0.3 is 4.57 Å². The third kappa shape index (κ3) is 3.96. The molecule has 1 aromatic heterocycles. The molecular weight excluding hydrogens is 388 g/mol. The Kier molecular flexibility index (Phi) is 4.94. The van der Waals surface area contributed by atoms with Crippen LogP contribution in [0, 0.1) is 0 Å². The van der Waals surface area contributed by atoms with Gasteiger partial charge >= 0.3 is 0 Å². The zero-order valence-corrected chi connectivity index (χ0v) is 16.3. The summed E-state index contributed by atoms with van der Waals surface area (Å²) in [5, 5.41) is -0.153. The van der Waals surface area contributed by atoms with E-state index >= 15 is 0 Å². The number of imidazole rings is 1. The molecule has 10 heteroatoms. The summed E-state index contributed by atoms with van der Waals surface area (Å²) in [4.78, 5) is 3.78. The summed E-state index contributed by atoms with van der Waals surface area (Å²) in [6, 6.07) is 14.2. The van der Waals surface area contributed by atoms with Crippen molar-refractivity contribution in [3.05, 3.63) is 67.1 Å². The number of sulfonamides is 2. The van der Waals surface area contributed by atoms with Crippen LogP contribution in [0.5, 0.6) is 0 Å². The van der Waals surface area contributed by atoms with Crippen LogP contribution < -0.4 is 9.03 Å². The summed E-state index contributed by atoms with van der Waals surface area (Å²) in [5.41, 5.74) is 0.625. The number of nitrogens with zero attached hydrogens (tertiary/aromatic N) is 3. The molecule has 142 valence electrons. The van der Waals surface area contributed by atoms with Crippen molar-refractivity contribution in [2.45, 2.75) is 9.92 Å². The van der Waals surface area contributed by atoms with E-state index in [4.69, 9.17) is 0 Å². The molecule has 0 saturated heterocycles. The van der Waals surface area contributed by atoms with Gasteiger partial charge in [0.15, 0.2) is 5.03 Å². The zero-order valence-electron chi connectivity index (χ0n) is 14.6. The van der Waals surface area contributed by atoms with Gasteiger partial charge in [0.2, 0.25) is 0 Å². The Morgan fingerprint density at radius 1 is 1.00 bits per heavy atom. The number of aryl methyl sites for hydroxylation is 1. The molecule has 3 aromatic rings. The second kappa shape index (κ2) is 7.05. The number of nitrogens with one attached hydrogen (secondary N) is 1. The Balaban J connectivity index is 1.91. The first-order chi connectivity index (χ1) is 12.7. The van der Waals surface area contributed by atoms with Crippen molar-refractivity contribution < 1.29 is 16.8 Å². The first kappa shape index (κ1) is 18.9. The minimum atomic E-state index is -3.92. The van der Waals surface area contributed by atoms with Gasteiger partial charge in [0.25, 0.3) is 20.0 Å². The number of para-hydroxylation sites is 1. The SMILES string of the molecule is CN(c1ccccc1)S(=O)(=O)c1cccc(NS(=O)(=O)c2cn(C)cn2)c1. The number of aromatic nitrogens is 2. The van der Waals surface area contributed by atoms with Crippen LogP contribution in [0.1, 0.15) is 0 Å². The van der Waals surface area contributed by atoms with Crippen molar-refractivity contribution >= 4 is 31.4 Å². The molecule has 27 heavy (non-hydrogen) atoms. The van der Waals surface area contributed by atoms with Crippen molar-refractivity contribution in [2.24, 2.45) is 7.05 Å². The maximum Gasteiger partial charge on any atom is 0.280 e. The smallest absolute Gasteiger partial charge is 0.280 e. The molecule has 0 unspecified atom stereocenters. The largest absolute Gasteiger partial charge is 0.339 e. The lowest BCUT2D eigenvalue weighted by molar-refractivity contribution is 0.593. The molecule has 0 aliphatic rings. The molecule has 0 amide bonds. The van der Waals surface area contributed by atoms with E-state index in [-0.39, 0.29) is 15.6 Å². The zero-order chi connectivity index (χ0) is 19.7. The second-order valence-electron chi connectivity index (χ2n) is 5.82. The first-order valence-electron chi connectivity index (χ1n) is 7.85. The quantitative estimate of drug-likeness (QED) is 0.675. The molecule has 0 saturated carbocycles. The molecule has 2 aromatic carbocycles. The first-order valence-corrected chi connectivity index (χ1v) is 10.8. The molecule has 0 fully saturated rings. The minimum Gasteiger partial charge on any atom is -0.339 e. The van der Waals surface area contributed by atoms with E-state index in [1.54, 1.807) is 37.4 Å². The van der Waals surface area contributed by atoms with E-state index < -0.39 is 20.0 Å². The number of rotatable bonds is 6. The van der Waals surface area contributed by atoms with Crippen LogP contribution >= 0.6 is 0 Å². The van der Waals surface area contributed by atoms with E-state index in [2.05, 4.69) is 9.71 Å². The topological polar surface area (TPSA) is 101 Å². The lowest BCUT2D eigenvalue weighted by Crippen LogP contribution is -2.26. The average molecular weight is 406 g/mol. The third-order valence-corrected chi connectivity index (χ3v) is 6.87. The highest BCUT2D eigenvalue weighted by molar-refractivity contribution is 7.93. The molecule has 0 spiro atoms. The molecule has 0 radical (unpaired) electrons. The fraction of sp³-hybridized carbons (Fsp3) is 0.118. The van der Waals surface area contributed by atoms with Crippen LogP contribution in [0.25, 0.3) is 0 Å². The summed E-state index contributed by atoms with van der Waals surface area (Å²) in [6.45, 7) is 0. The highest BCUT2D eigenvalue weighted by atomic mass is 32.2. The van der Waals surface area contributed by atoms with Gasteiger partial charge in [-0.25, -0.2) is 13.4 Å². The van der Waals surface area contributed by atoms with Gasteiger partial charge in [0, 0.05) is 20.3 Å². The third-order valence-electron chi connectivity index (χ3n) is 3.82. The number of anilines is 2. The molecule has 0 atom stereocenters. The molecule has 0 aliphatic carbocycles. The van der Waals surface area contributed by atoms with Crippen molar-refractivity contribution in [1.29, 1.82) is 0 Å². The van der Waals surface area contributed by atoms with E-state index in [0.29, 0.717) is 5.69 Å². The van der Waals surface area contributed by atoms with Crippen molar-refractivity contribution in [3.8, 4) is 0 Å². The van der Waals surface area contributed by atoms with Crippen LogP contribution in [-0.4, -0.2) is 33.4 Å². The Bertz CT molecular complexity index is 1160. The van der Waals surface area contributed by atoms with E-state index in [1.807, 2.05) is 0 Å². The van der Waals surface area contributed by atoms with Crippen molar-refractivity contribution in [1.82, 2.24) is 9.55 Å². The standard InChI is InChI=1S/C17H18N4O4S2/c1-20-12-17(18-13-20)26(22,23)19-14-7-6-10-16(11-14)27(24,25)21(2)15-8-4-3-5-9-15/h3-13,19H,1-2H3. The maximum absolute atomic E-state index is 12.9. The van der Waals surface area contributed by atoms with Crippen LogP contribution in [0.4, 0.5) is 11.4 Å². The maximum atomic E-state index is 12.9. The van der Waals surface area contributed by atoms with Gasteiger partial charge in [-0.1, -0.05) is 24.3 Å². The Morgan fingerprint density at radius 2 is 1.70 bits per heavy atom. The second-order valence-corrected chi connectivity index (χ2v) is 9.42. The lowest BCUT2D eigenvalue weighted by Gasteiger charge is -2.19. The number of hydrogen-bond donors (Lipinski definition) is 1. The highest BCUT2D eigenvalue weighted by Gasteiger charge is 2.23. The van der Waals surface area contributed by atoms with Gasteiger partial charge in [0.05, 0.1) is 22.6 Å². The molecule has 0 aliphatic heterocycles. The average Bonchev–Trinajstić information content (AvgIpc) is 3.09. The van der Waals surface area contributed by atoms with Gasteiger partial charge in [-0.2, -0.15) is 8.42 Å². The van der Waals surface area contributed by atoms with Crippen LogP contribution in [0.3, 0.4) is 0 Å². The molecule has 1 N–H and O–H groups in total. The van der Waals surface area contributed by atoms with Crippen LogP contribution in [-0.2, 0) is 27.1 Å². The minimum absolute atomic E-state index is 0.0323. The van der Waals surface area contributed by atoms with E-state index in [9.17, 15) is 16.8 Å². The number of hydrogen-bond acceptors (Lipinski definition) is 5. The van der Waals surface area contributed by atoms with Crippen LogP contribution in [0.15, 0.2) is 77.0 Å². The molecular formula is C17H18N4O4S2. The van der Waals surface area contributed by atoms with Gasteiger partial charge in [-0.15, -0.1) is 0 Å². The van der Waals surface area contributed by atoms with E-state index in [1.165, 1.54) is 48.4 Å². The van der Waals surface area contributed by atoms with Gasteiger partial charge in [-0.05, 0) is 30.3 Å². The van der Waals surface area contributed by atoms with Crippen LogP contribution in [0.2, 0.25) is 0 Å². The van der Waals surface area contributed by atoms with Gasteiger partial charge in [0.1, 0.15) is 0 Å².